The normalized spacial score (nSPS) is 14.5. The monoisotopic (exact) mass is 259 g/mol. The molecule has 0 amide bonds. The first-order valence-corrected chi connectivity index (χ1v) is 6.43. The van der Waals surface area contributed by atoms with Gasteiger partial charge in [0.2, 0.25) is 0 Å². The lowest BCUT2D eigenvalue weighted by atomic mass is 10.1. The summed E-state index contributed by atoms with van der Waals surface area (Å²) < 4.78 is 5.80. The minimum absolute atomic E-state index is 0.534. The van der Waals surface area contributed by atoms with Gasteiger partial charge in [-0.3, -0.25) is 0 Å². The average Bonchev–Trinajstić information content (AvgIpc) is 3.17. The molecule has 0 aliphatic heterocycles. The highest BCUT2D eigenvalue weighted by Crippen LogP contribution is 2.41. The van der Waals surface area contributed by atoms with Gasteiger partial charge in [0.05, 0.1) is 5.02 Å². The average molecular weight is 260 g/mol. The summed E-state index contributed by atoms with van der Waals surface area (Å²) in [6, 6.07) is 13.5. The molecule has 0 heterocycles. The third kappa shape index (κ3) is 2.44. The number of anilines is 1. The van der Waals surface area contributed by atoms with Crippen LogP contribution in [0.2, 0.25) is 5.02 Å². The Hall–Kier alpha value is -1.67. The quantitative estimate of drug-likeness (QED) is 0.818. The van der Waals surface area contributed by atoms with Gasteiger partial charge in [0.15, 0.2) is 0 Å². The SMILES string of the molecule is Nc1ccc(Oc2cccc(C3CC3)c2)c(Cl)c1. The molecule has 1 aliphatic carbocycles. The van der Waals surface area contributed by atoms with Crippen LogP contribution in [0.4, 0.5) is 5.69 Å². The van der Waals surface area contributed by atoms with E-state index in [1.165, 1.54) is 18.4 Å². The zero-order valence-corrected chi connectivity index (χ0v) is 10.7. The van der Waals surface area contributed by atoms with E-state index >= 15 is 0 Å². The molecule has 0 unspecified atom stereocenters. The van der Waals surface area contributed by atoms with Crippen molar-refractivity contribution in [3.05, 3.63) is 53.1 Å². The Kier molecular flexibility index (Phi) is 2.88. The molecule has 0 spiro atoms. The first-order chi connectivity index (χ1) is 8.72. The number of hydrogen-bond donors (Lipinski definition) is 1. The third-order valence-electron chi connectivity index (χ3n) is 3.09. The van der Waals surface area contributed by atoms with Crippen molar-refractivity contribution in [3.63, 3.8) is 0 Å². The predicted octanol–water partition coefficient (Wildman–Crippen LogP) is 4.59. The largest absolute Gasteiger partial charge is 0.456 e. The third-order valence-corrected chi connectivity index (χ3v) is 3.39. The maximum atomic E-state index is 6.09. The zero-order valence-electron chi connectivity index (χ0n) is 9.90. The highest BCUT2D eigenvalue weighted by Gasteiger charge is 2.23. The Labute approximate surface area is 111 Å². The van der Waals surface area contributed by atoms with Gasteiger partial charge in [-0.25, -0.2) is 0 Å². The summed E-state index contributed by atoms with van der Waals surface area (Å²) in [6.45, 7) is 0. The van der Waals surface area contributed by atoms with Crippen LogP contribution < -0.4 is 10.5 Å². The smallest absolute Gasteiger partial charge is 0.146 e. The van der Waals surface area contributed by atoms with Gasteiger partial charge in [0, 0.05) is 5.69 Å². The highest BCUT2D eigenvalue weighted by molar-refractivity contribution is 6.32. The van der Waals surface area contributed by atoms with Crippen LogP contribution in [0.1, 0.15) is 24.3 Å². The fourth-order valence-electron chi connectivity index (χ4n) is 1.98. The second kappa shape index (κ2) is 4.54. The van der Waals surface area contributed by atoms with E-state index in [1.807, 2.05) is 12.1 Å². The lowest BCUT2D eigenvalue weighted by Crippen LogP contribution is -1.89. The van der Waals surface area contributed by atoms with Crippen LogP contribution in [0.3, 0.4) is 0 Å². The molecule has 1 aliphatic rings. The second-order valence-electron chi connectivity index (χ2n) is 4.64. The molecule has 92 valence electrons. The van der Waals surface area contributed by atoms with Gasteiger partial charge in [-0.1, -0.05) is 23.7 Å². The Bertz CT molecular complexity index is 578. The molecule has 0 aromatic heterocycles. The van der Waals surface area contributed by atoms with Crippen molar-refractivity contribution in [2.75, 3.05) is 5.73 Å². The van der Waals surface area contributed by atoms with Crippen molar-refractivity contribution < 1.29 is 4.74 Å². The maximum absolute atomic E-state index is 6.09. The molecule has 1 fully saturated rings. The predicted molar refractivity (Wildman–Crippen MR) is 74.4 cm³/mol. The second-order valence-corrected chi connectivity index (χ2v) is 5.05. The Morgan fingerprint density at radius 1 is 1.11 bits per heavy atom. The number of nitrogen functional groups attached to an aromatic ring is 1. The van der Waals surface area contributed by atoms with Crippen LogP contribution >= 0.6 is 11.6 Å². The molecule has 1 saturated carbocycles. The highest BCUT2D eigenvalue weighted by atomic mass is 35.5. The van der Waals surface area contributed by atoms with Gasteiger partial charge < -0.3 is 10.5 Å². The number of ether oxygens (including phenoxy) is 1. The molecule has 0 atom stereocenters. The molecular formula is C15H14ClNO. The van der Waals surface area contributed by atoms with Crippen molar-refractivity contribution in [3.8, 4) is 11.5 Å². The topological polar surface area (TPSA) is 35.2 Å². The van der Waals surface area contributed by atoms with Crippen LogP contribution in [0.25, 0.3) is 0 Å². The fraction of sp³-hybridized carbons (Fsp3) is 0.200. The van der Waals surface area contributed by atoms with Gasteiger partial charge in [0.1, 0.15) is 11.5 Å². The number of nitrogens with two attached hydrogens (primary N) is 1. The molecule has 0 radical (unpaired) electrons. The molecule has 3 rings (SSSR count). The maximum Gasteiger partial charge on any atom is 0.146 e. The molecule has 0 bridgehead atoms. The van der Waals surface area contributed by atoms with E-state index in [0.29, 0.717) is 16.5 Å². The van der Waals surface area contributed by atoms with E-state index in [9.17, 15) is 0 Å². The number of halogens is 1. The van der Waals surface area contributed by atoms with E-state index in [2.05, 4.69) is 12.1 Å². The van der Waals surface area contributed by atoms with E-state index in [-0.39, 0.29) is 0 Å². The summed E-state index contributed by atoms with van der Waals surface area (Å²) in [5.41, 5.74) is 7.64. The molecular weight excluding hydrogens is 246 g/mol. The van der Waals surface area contributed by atoms with E-state index in [0.717, 1.165) is 11.7 Å². The molecule has 2 nitrogen and oxygen atoms in total. The first kappa shape index (κ1) is 11.4. The minimum atomic E-state index is 0.534. The summed E-state index contributed by atoms with van der Waals surface area (Å²) in [5.74, 6) is 2.18. The van der Waals surface area contributed by atoms with Crippen molar-refractivity contribution in [2.45, 2.75) is 18.8 Å². The Balaban J connectivity index is 1.84. The molecule has 2 aromatic carbocycles. The summed E-state index contributed by atoms with van der Waals surface area (Å²) in [4.78, 5) is 0. The number of hydrogen-bond acceptors (Lipinski definition) is 2. The molecule has 3 heteroatoms. The van der Waals surface area contributed by atoms with Crippen molar-refractivity contribution >= 4 is 17.3 Å². The van der Waals surface area contributed by atoms with Gasteiger partial charge in [-0.05, 0) is 54.7 Å². The number of rotatable bonds is 3. The summed E-state index contributed by atoms with van der Waals surface area (Å²) in [5, 5.41) is 0.534. The summed E-state index contributed by atoms with van der Waals surface area (Å²) in [6.07, 6.45) is 2.57. The van der Waals surface area contributed by atoms with E-state index < -0.39 is 0 Å². The minimum Gasteiger partial charge on any atom is -0.456 e. The molecule has 18 heavy (non-hydrogen) atoms. The van der Waals surface area contributed by atoms with Crippen molar-refractivity contribution in [1.82, 2.24) is 0 Å². The van der Waals surface area contributed by atoms with Gasteiger partial charge >= 0.3 is 0 Å². The standard InChI is InChI=1S/C15H14ClNO/c16-14-9-12(17)6-7-15(14)18-13-3-1-2-11(8-13)10-4-5-10/h1-3,6-10H,4-5,17H2. The van der Waals surface area contributed by atoms with Crippen LogP contribution in [0.15, 0.2) is 42.5 Å². The molecule has 2 aromatic rings. The zero-order chi connectivity index (χ0) is 12.5. The van der Waals surface area contributed by atoms with Crippen LogP contribution in [0, 0.1) is 0 Å². The van der Waals surface area contributed by atoms with Crippen LogP contribution in [0.5, 0.6) is 11.5 Å². The number of benzene rings is 2. The lowest BCUT2D eigenvalue weighted by molar-refractivity contribution is 0.482. The first-order valence-electron chi connectivity index (χ1n) is 6.05. The van der Waals surface area contributed by atoms with Crippen LogP contribution in [-0.2, 0) is 0 Å². The Morgan fingerprint density at radius 2 is 1.94 bits per heavy atom. The van der Waals surface area contributed by atoms with Crippen LogP contribution in [-0.4, -0.2) is 0 Å². The molecule has 2 N–H and O–H groups in total. The van der Waals surface area contributed by atoms with Gasteiger partial charge in [-0.15, -0.1) is 0 Å². The summed E-state index contributed by atoms with van der Waals surface area (Å²) >= 11 is 6.09. The fourth-order valence-corrected chi connectivity index (χ4v) is 2.20. The summed E-state index contributed by atoms with van der Waals surface area (Å²) in [7, 11) is 0. The van der Waals surface area contributed by atoms with Crippen molar-refractivity contribution in [1.29, 1.82) is 0 Å². The van der Waals surface area contributed by atoms with Gasteiger partial charge in [-0.2, -0.15) is 0 Å². The van der Waals surface area contributed by atoms with E-state index in [4.69, 9.17) is 22.1 Å². The Morgan fingerprint density at radius 3 is 2.67 bits per heavy atom. The van der Waals surface area contributed by atoms with E-state index in [1.54, 1.807) is 18.2 Å². The lowest BCUT2D eigenvalue weighted by Gasteiger charge is -2.09. The molecule has 0 saturated heterocycles. The van der Waals surface area contributed by atoms with Gasteiger partial charge in [0.25, 0.3) is 0 Å². The van der Waals surface area contributed by atoms with Crippen molar-refractivity contribution in [2.24, 2.45) is 0 Å².